The van der Waals surface area contributed by atoms with Gasteiger partial charge in [0.1, 0.15) is 0 Å². The minimum atomic E-state index is -0.0418. The molecule has 120 valence electrons. The summed E-state index contributed by atoms with van der Waals surface area (Å²) in [6.45, 7) is 4.19. The molecule has 0 aliphatic carbocycles. The number of carbonyl (C=O) groups excluding carboxylic acids is 1. The Hall–Kier alpha value is -1.55. The van der Waals surface area contributed by atoms with Gasteiger partial charge in [-0.15, -0.1) is 11.3 Å². The molecular weight excluding hydrogens is 350 g/mol. The van der Waals surface area contributed by atoms with Gasteiger partial charge in [-0.05, 0) is 37.6 Å². The van der Waals surface area contributed by atoms with Gasteiger partial charge in [0.25, 0.3) is 0 Å². The fraction of sp³-hybridized carbons (Fsp3) is 0.312. The molecule has 0 radical (unpaired) electrons. The maximum absolute atomic E-state index is 12.6. The summed E-state index contributed by atoms with van der Waals surface area (Å²) in [5, 5.41) is 11.5. The molecule has 0 unspecified atom stereocenters. The minimum Gasteiger partial charge on any atom is -0.311 e. The summed E-state index contributed by atoms with van der Waals surface area (Å²) in [4.78, 5) is 18.5. The van der Waals surface area contributed by atoms with Gasteiger partial charge in [0, 0.05) is 28.3 Å². The van der Waals surface area contributed by atoms with Crippen LogP contribution in [0.5, 0.6) is 0 Å². The third kappa shape index (κ3) is 4.96. The van der Waals surface area contributed by atoms with Gasteiger partial charge in [-0.2, -0.15) is 5.26 Å². The van der Waals surface area contributed by atoms with E-state index in [4.69, 9.17) is 16.9 Å². The van der Waals surface area contributed by atoms with Crippen molar-refractivity contribution in [2.24, 2.45) is 0 Å². The summed E-state index contributed by atoms with van der Waals surface area (Å²) in [6, 6.07) is 7.54. The molecule has 2 aromatic rings. The van der Waals surface area contributed by atoms with E-state index in [1.165, 1.54) is 23.1 Å². The number of thiazole rings is 1. The number of benzene rings is 1. The fourth-order valence-electron chi connectivity index (χ4n) is 1.96. The largest absolute Gasteiger partial charge is 0.311 e. The van der Waals surface area contributed by atoms with Crippen molar-refractivity contribution in [2.45, 2.75) is 24.6 Å². The van der Waals surface area contributed by atoms with Crippen molar-refractivity contribution in [1.29, 1.82) is 5.26 Å². The van der Waals surface area contributed by atoms with E-state index < -0.39 is 0 Å². The zero-order chi connectivity index (χ0) is 16.8. The minimum absolute atomic E-state index is 0.0418. The lowest BCUT2D eigenvalue weighted by atomic mass is 10.2. The number of carbonyl (C=O) groups is 1. The molecule has 4 nitrogen and oxygen atoms in total. The Balaban J connectivity index is 2.11. The molecule has 23 heavy (non-hydrogen) atoms. The van der Waals surface area contributed by atoms with Crippen LogP contribution >= 0.6 is 34.7 Å². The molecular formula is C16H16ClN3OS2. The molecule has 1 heterocycles. The number of amides is 1. The Labute approximate surface area is 149 Å². The van der Waals surface area contributed by atoms with Crippen molar-refractivity contribution >= 4 is 46.3 Å². The van der Waals surface area contributed by atoms with Crippen molar-refractivity contribution in [3.8, 4) is 6.07 Å². The molecule has 0 aliphatic rings. The summed E-state index contributed by atoms with van der Waals surface area (Å²) >= 11 is 9.00. The highest BCUT2D eigenvalue weighted by molar-refractivity contribution is 8.01. The fourth-order valence-corrected chi connectivity index (χ4v) is 3.80. The second-order valence-corrected chi connectivity index (χ2v) is 7.42. The molecule has 7 heteroatoms. The lowest BCUT2D eigenvalue weighted by molar-refractivity contribution is -0.116. The molecule has 1 aromatic carbocycles. The molecule has 0 saturated heterocycles. The van der Waals surface area contributed by atoms with Gasteiger partial charge in [0.2, 0.25) is 5.91 Å². The van der Waals surface area contributed by atoms with Gasteiger partial charge in [-0.1, -0.05) is 23.4 Å². The SMILES string of the molecule is Cc1csc(SCC(=O)N(CCC#N)c2ccc(Cl)c(C)c2)n1. The standard InChI is InChI=1S/C16H16ClN3OS2/c1-11-8-13(4-5-14(11)17)20(7-3-6-18)15(21)10-23-16-19-12(2)9-22-16/h4-5,8-9H,3,7,10H2,1-2H3. The van der Waals surface area contributed by atoms with Gasteiger partial charge in [-0.3, -0.25) is 4.79 Å². The Bertz CT molecular complexity index is 739. The molecule has 0 spiro atoms. The average molecular weight is 366 g/mol. The Morgan fingerprint density at radius 3 is 2.87 bits per heavy atom. The van der Waals surface area contributed by atoms with E-state index in [1.54, 1.807) is 11.0 Å². The summed E-state index contributed by atoms with van der Waals surface area (Å²) in [5.74, 6) is 0.250. The molecule has 0 aliphatic heterocycles. The zero-order valence-corrected chi connectivity index (χ0v) is 15.3. The van der Waals surface area contributed by atoms with E-state index in [9.17, 15) is 4.79 Å². The highest BCUT2D eigenvalue weighted by Crippen LogP contribution is 2.26. The van der Waals surface area contributed by atoms with E-state index in [0.29, 0.717) is 17.3 Å². The third-order valence-electron chi connectivity index (χ3n) is 3.12. The van der Waals surface area contributed by atoms with Crippen LogP contribution in [0.25, 0.3) is 0 Å². The Kier molecular flexibility index (Phi) is 6.46. The quantitative estimate of drug-likeness (QED) is 0.709. The number of rotatable bonds is 6. The number of nitriles is 1. The summed E-state index contributed by atoms with van der Waals surface area (Å²) in [7, 11) is 0. The van der Waals surface area contributed by atoms with Gasteiger partial charge in [-0.25, -0.2) is 4.98 Å². The number of anilines is 1. The van der Waals surface area contributed by atoms with E-state index in [-0.39, 0.29) is 12.3 Å². The molecule has 1 amide bonds. The summed E-state index contributed by atoms with van der Waals surface area (Å²) in [5.41, 5.74) is 2.63. The summed E-state index contributed by atoms with van der Waals surface area (Å²) in [6.07, 6.45) is 0.286. The van der Waals surface area contributed by atoms with Crippen LogP contribution in [0.1, 0.15) is 17.7 Å². The highest BCUT2D eigenvalue weighted by Gasteiger charge is 2.17. The first-order valence-corrected chi connectivity index (χ1v) is 9.24. The maximum Gasteiger partial charge on any atom is 0.237 e. The number of aromatic nitrogens is 1. The lowest BCUT2D eigenvalue weighted by Crippen LogP contribution is -2.33. The predicted molar refractivity (Wildman–Crippen MR) is 96.3 cm³/mol. The van der Waals surface area contributed by atoms with Crippen molar-refractivity contribution in [2.75, 3.05) is 17.2 Å². The number of nitrogens with zero attached hydrogens (tertiary/aromatic N) is 3. The van der Waals surface area contributed by atoms with Crippen LogP contribution in [0.2, 0.25) is 5.02 Å². The average Bonchev–Trinajstić information content (AvgIpc) is 2.94. The van der Waals surface area contributed by atoms with Gasteiger partial charge in [0.05, 0.1) is 18.2 Å². The second kappa shape index (κ2) is 8.34. The van der Waals surface area contributed by atoms with E-state index in [1.807, 2.05) is 31.4 Å². The zero-order valence-electron chi connectivity index (χ0n) is 12.9. The van der Waals surface area contributed by atoms with E-state index in [2.05, 4.69) is 11.1 Å². The normalized spacial score (nSPS) is 10.3. The van der Waals surface area contributed by atoms with Crippen LogP contribution in [0.15, 0.2) is 27.9 Å². The molecule has 0 saturated carbocycles. The molecule has 0 N–H and O–H groups in total. The van der Waals surface area contributed by atoms with Crippen LogP contribution in [0, 0.1) is 25.2 Å². The number of hydrogen-bond donors (Lipinski definition) is 0. The Morgan fingerprint density at radius 1 is 1.48 bits per heavy atom. The van der Waals surface area contributed by atoms with E-state index >= 15 is 0 Å². The smallest absolute Gasteiger partial charge is 0.237 e. The first-order chi connectivity index (χ1) is 11.0. The van der Waals surface area contributed by atoms with Gasteiger partial charge in [0.15, 0.2) is 4.34 Å². The highest BCUT2D eigenvalue weighted by atomic mass is 35.5. The van der Waals surface area contributed by atoms with Crippen molar-refractivity contribution < 1.29 is 4.79 Å². The van der Waals surface area contributed by atoms with Gasteiger partial charge >= 0.3 is 0 Å². The molecule has 0 bridgehead atoms. The third-order valence-corrected chi connectivity index (χ3v) is 5.67. The maximum atomic E-state index is 12.6. The number of thioether (sulfide) groups is 1. The first kappa shape index (κ1) is 17.8. The molecule has 1 aromatic heterocycles. The van der Waals surface area contributed by atoms with Crippen LogP contribution < -0.4 is 4.90 Å². The van der Waals surface area contributed by atoms with Crippen LogP contribution in [0.4, 0.5) is 5.69 Å². The van der Waals surface area contributed by atoms with Crippen LogP contribution in [-0.4, -0.2) is 23.2 Å². The molecule has 0 atom stereocenters. The molecule has 2 rings (SSSR count). The van der Waals surface area contributed by atoms with Crippen LogP contribution in [0.3, 0.4) is 0 Å². The molecule has 0 fully saturated rings. The van der Waals surface area contributed by atoms with Crippen LogP contribution in [-0.2, 0) is 4.79 Å². The monoisotopic (exact) mass is 365 g/mol. The number of halogens is 1. The van der Waals surface area contributed by atoms with Crippen molar-refractivity contribution in [3.05, 3.63) is 39.9 Å². The summed E-state index contributed by atoms with van der Waals surface area (Å²) < 4.78 is 0.878. The predicted octanol–water partition coefficient (Wildman–Crippen LogP) is 4.45. The Morgan fingerprint density at radius 2 is 2.26 bits per heavy atom. The lowest BCUT2D eigenvalue weighted by Gasteiger charge is -2.22. The van der Waals surface area contributed by atoms with Crippen molar-refractivity contribution in [3.63, 3.8) is 0 Å². The number of hydrogen-bond acceptors (Lipinski definition) is 5. The van der Waals surface area contributed by atoms with Gasteiger partial charge < -0.3 is 4.90 Å². The first-order valence-electron chi connectivity index (χ1n) is 6.99. The topological polar surface area (TPSA) is 57.0 Å². The van der Waals surface area contributed by atoms with Crippen molar-refractivity contribution in [1.82, 2.24) is 4.98 Å². The van der Waals surface area contributed by atoms with E-state index in [0.717, 1.165) is 21.3 Å². The number of aryl methyl sites for hydroxylation is 2. The second-order valence-electron chi connectivity index (χ2n) is 4.93.